The smallest absolute Gasteiger partial charge is 0.251 e. The molecule has 1 heterocycles. The zero-order valence-electron chi connectivity index (χ0n) is 20.9. The summed E-state index contributed by atoms with van der Waals surface area (Å²) in [6, 6.07) is 23.0. The first-order valence-electron chi connectivity index (χ1n) is 11.8. The van der Waals surface area contributed by atoms with Crippen LogP contribution >= 0.6 is 11.8 Å². The van der Waals surface area contributed by atoms with E-state index in [0.29, 0.717) is 16.5 Å². The molecular formula is C28H28FN5O2S. The number of halogens is 1. The molecule has 3 aromatic carbocycles. The molecule has 4 rings (SSSR count). The van der Waals surface area contributed by atoms with Crippen LogP contribution in [0.3, 0.4) is 0 Å². The van der Waals surface area contributed by atoms with Crippen molar-refractivity contribution in [2.24, 2.45) is 0 Å². The van der Waals surface area contributed by atoms with E-state index in [1.807, 2.05) is 54.6 Å². The summed E-state index contributed by atoms with van der Waals surface area (Å²) in [6.07, 6.45) is 0. The quantitative estimate of drug-likeness (QED) is 0.307. The Hall–Kier alpha value is -3.98. The van der Waals surface area contributed by atoms with Crippen molar-refractivity contribution in [1.29, 1.82) is 0 Å². The Morgan fingerprint density at radius 2 is 1.59 bits per heavy atom. The number of hydrogen-bond donors (Lipinski definition) is 2. The number of anilines is 1. The van der Waals surface area contributed by atoms with Gasteiger partial charge < -0.3 is 10.6 Å². The number of nitrogens with zero attached hydrogens (tertiary/aromatic N) is 3. The molecule has 0 aliphatic rings. The van der Waals surface area contributed by atoms with E-state index < -0.39 is 5.82 Å². The second kappa shape index (κ2) is 11.4. The van der Waals surface area contributed by atoms with E-state index in [-0.39, 0.29) is 35.2 Å². The molecule has 4 aromatic rings. The number of rotatable bonds is 8. The summed E-state index contributed by atoms with van der Waals surface area (Å²) in [6.45, 7) is 6.51. The highest BCUT2D eigenvalue weighted by atomic mass is 32.2. The third-order valence-corrected chi connectivity index (χ3v) is 6.54. The highest BCUT2D eigenvalue weighted by molar-refractivity contribution is 7.99. The lowest BCUT2D eigenvalue weighted by Crippen LogP contribution is -2.25. The number of benzene rings is 3. The van der Waals surface area contributed by atoms with E-state index in [9.17, 15) is 14.0 Å². The van der Waals surface area contributed by atoms with Gasteiger partial charge in [0.25, 0.3) is 5.91 Å². The number of thioether (sulfide) groups is 1. The SMILES string of the molecule is CC(C)(C)c1ccc(C(=O)NCc2nnc(SCC(=O)Nc3ccccc3F)n2-c2ccccc2)cc1. The Morgan fingerprint density at radius 3 is 2.27 bits per heavy atom. The van der Waals surface area contributed by atoms with E-state index >= 15 is 0 Å². The highest BCUT2D eigenvalue weighted by Crippen LogP contribution is 2.24. The van der Waals surface area contributed by atoms with E-state index in [0.717, 1.165) is 11.3 Å². The molecular weight excluding hydrogens is 489 g/mol. The molecule has 9 heteroatoms. The maximum atomic E-state index is 13.9. The predicted molar refractivity (Wildman–Crippen MR) is 143 cm³/mol. The summed E-state index contributed by atoms with van der Waals surface area (Å²) in [7, 11) is 0. The highest BCUT2D eigenvalue weighted by Gasteiger charge is 2.18. The Morgan fingerprint density at radius 1 is 0.919 bits per heavy atom. The topological polar surface area (TPSA) is 88.9 Å². The van der Waals surface area contributed by atoms with Gasteiger partial charge >= 0.3 is 0 Å². The van der Waals surface area contributed by atoms with Gasteiger partial charge in [-0.3, -0.25) is 14.2 Å². The molecule has 0 bridgehead atoms. The number of para-hydroxylation sites is 2. The fourth-order valence-electron chi connectivity index (χ4n) is 3.61. The third kappa shape index (κ3) is 6.62. The van der Waals surface area contributed by atoms with Crippen LogP contribution in [0.1, 0.15) is 42.5 Å². The van der Waals surface area contributed by atoms with Crippen LogP contribution in [0, 0.1) is 5.82 Å². The first-order chi connectivity index (χ1) is 17.7. The number of carbonyl (C=O) groups excluding carboxylic acids is 2. The molecule has 2 amide bonds. The number of nitrogens with one attached hydrogen (secondary N) is 2. The Labute approximate surface area is 219 Å². The minimum Gasteiger partial charge on any atom is -0.345 e. The van der Waals surface area contributed by atoms with E-state index in [1.54, 1.807) is 16.7 Å². The van der Waals surface area contributed by atoms with Gasteiger partial charge in [0.2, 0.25) is 5.91 Å². The molecule has 1 aromatic heterocycles. The van der Waals surface area contributed by atoms with Gasteiger partial charge in [0.15, 0.2) is 11.0 Å². The first kappa shape index (κ1) is 26.1. The van der Waals surface area contributed by atoms with Gasteiger partial charge in [-0.25, -0.2) is 4.39 Å². The molecule has 37 heavy (non-hydrogen) atoms. The lowest BCUT2D eigenvalue weighted by Gasteiger charge is -2.19. The lowest BCUT2D eigenvalue weighted by atomic mass is 9.87. The first-order valence-corrected chi connectivity index (χ1v) is 12.8. The summed E-state index contributed by atoms with van der Waals surface area (Å²) in [4.78, 5) is 25.2. The van der Waals surface area contributed by atoms with Crippen molar-refractivity contribution in [3.05, 3.63) is 102 Å². The van der Waals surface area contributed by atoms with Crippen LogP contribution in [-0.4, -0.2) is 32.3 Å². The molecule has 0 radical (unpaired) electrons. The van der Waals surface area contributed by atoms with Crippen LogP contribution in [0.2, 0.25) is 0 Å². The average Bonchev–Trinajstić information content (AvgIpc) is 3.30. The van der Waals surface area contributed by atoms with Crippen molar-refractivity contribution >= 4 is 29.3 Å². The van der Waals surface area contributed by atoms with Gasteiger partial charge in [-0.2, -0.15) is 0 Å². The van der Waals surface area contributed by atoms with Crippen LogP contribution in [0.4, 0.5) is 10.1 Å². The number of aromatic nitrogens is 3. The molecule has 2 N–H and O–H groups in total. The summed E-state index contributed by atoms with van der Waals surface area (Å²) in [5, 5.41) is 14.5. The van der Waals surface area contributed by atoms with E-state index in [1.165, 1.54) is 23.9 Å². The van der Waals surface area contributed by atoms with Gasteiger partial charge in [-0.05, 0) is 47.4 Å². The monoisotopic (exact) mass is 517 g/mol. The molecule has 0 atom stereocenters. The minimum atomic E-state index is -0.501. The molecule has 0 saturated heterocycles. The number of carbonyl (C=O) groups is 2. The molecule has 0 fully saturated rings. The molecule has 7 nitrogen and oxygen atoms in total. The molecule has 0 aliphatic carbocycles. The van der Waals surface area contributed by atoms with Crippen molar-refractivity contribution in [3.8, 4) is 5.69 Å². The molecule has 0 saturated carbocycles. The van der Waals surface area contributed by atoms with Crippen LogP contribution in [0.15, 0.2) is 84.0 Å². The maximum Gasteiger partial charge on any atom is 0.251 e. The van der Waals surface area contributed by atoms with Gasteiger partial charge in [0, 0.05) is 11.3 Å². The van der Waals surface area contributed by atoms with Gasteiger partial charge in [0.1, 0.15) is 5.82 Å². The predicted octanol–water partition coefficient (Wildman–Crippen LogP) is 5.36. The Balaban J connectivity index is 1.47. The number of hydrogen-bond acceptors (Lipinski definition) is 5. The summed E-state index contributed by atoms with van der Waals surface area (Å²) in [5.74, 6) is -0.568. The maximum absolute atomic E-state index is 13.9. The van der Waals surface area contributed by atoms with Crippen LogP contribution < -0.4 is 10.6 Å². The zero-order chi connectivity index (χ0) is 26.4. The van der Waals surface area contributed by atoms with Crippen LogP contribution in [0.25, 0.3) is 5.69 Å². The molecule has 0 aliphatic heterocycles. The zero-order valence-corrected chi connectivity index (χ0v) is 21.7. The second-order valence-electron chi connectivity index (χ2n) is 9.40. The normalized spacial score (nSPS) is 11.2. The summed E-state index contributed by atoms with van der Waals surface area (Å²) < 4.78 is 15.7. The molecule has 0 spiro atoms. The van der Waals surface area contributed by atoms with E-state index in [4.69, 9.17) is 0 Å². The fourth-order valence-corrected chi connectivity index (χ4v) is 4.38. The lowest BCUT2D eigenvalue weighted by molar-refractivity contribution is -0.113. The summed E-state index contributed by atoms with van der Waals surface area (Å²) >= 11 is 1.17. The largest absolute Gasteiger partial charge is 0.345 e. The molecule has 0 unspecified atom stereocenters. The second-order valence-corrected chi connectivity index (χ2v) is 10.3. The third-order valence-electron chi connectivity index (χ3n) is 5.62. The van der Waals surface area contributed by atoms with Gasteiger partial charge in [-0.1, -0.05) is 75.0 Å². The Kier molecular flexibility index (Phi) is 8.03. The van der Waals surface area contributed by atoms with Crippen molar-refractivity contribution in [2.75, 3.05) is 11.1 Å². The van der Waals surface area contributed by atoms with Crippen molar-refractivity contribution in [2.45, 2.75) is 37.9 Å². The van der Waals surface area contributed by atoms with Gasteiger partial charge in [0.05, 0.1) is 18.0 Å². The summed E-state index contributed by atoms with van der Waals surface area (Å²) in [5.41, 5.74) is 2.62. The van der Waals surface area contributed by atoms with Crippen molar-refractivity contribution in [1.82, 2.24) is 20.1 Å². The van der Waals surface area contributed by atoms with E-state index in [2.05, 4.69) is 41.6 Å². The average molecular weight is 518 g/mol. The standard InChI is InChI=1S/C28H28FN5O2S/c1-28(2,3)20-15-13-19(14-16-20)26(36)30-17-24-32-33-27(34(24)21-9-5-4-6-10-21)37-18-25(35)31-23-12-8-7-11-22(23)29/h4-16H,17-18H2,1-3H3,(H,30,36)(H,31,35). The van der Waals surface area contributed by atoms with Crippen LogP contribution in [0.5, 0.6) is 0 Å². The minimum absolute atomic E-state index is 0.00133. The fraction of sp³-hybridized carbons (Fsp3) is 0.214. The van der Waals surface area contributed by atoms with Gasteiger partial charge in [-0.15, -0.1) is 10.2 Å². The number of amides is 2. The van der Waals surface area contributed by atoms with Crippen LogP contribution in [-0.2, 0) is 16.8 Å². The van der Waals surface area contributed by atoms with Crippen molar-refractivity contribution < 1.29 is 14.0 Å². The van der Waals surface area contributed by atoms with Crippen molar-refractivity contribution in [3.63, 3.8) is 0 Å². The molecule has 190 valence electrons. The Bertz CT molecular complexity index is 1380.